The number of hydrogen-bond donors (Lipinski definition) is 1. The second kappa shape index (κ2) is 6.27. The number of hydrogen-bond acceptors (Lipinski definition) is 4. The lowest BCUT2D eigenvalue weighted by Gasteiger charge is -2.15. The van der Waals surface area contributed by atoms with Crippen LogP contribution in [0.15, 0.2) is 24.3 Å². The van der Waals surface area contributed by atoms with Gasteiger partial charge in [0.1, 0.15) is 0 Å². The summed E-state index contributed by atoms with van der Waals surface area (Å²) in [6.07, 6.45) is 1.81. The van der Waals surface area contributed by atoms with Gasteiger partial charge in [-0.1, -0.05) is 35.1 Å². The van der Waals surface area contributed by atoms with Crippen molar-refractivity contribution in [3.63, 3.8) is 0 Å². The maximum atomic E-state index is 6.01. The minimum Gasteiger partial charge on any atom is -0.312 e. The lowest BCUT2D eigenvalue weighted by molar-refractivity contribution is 0.595. The van der Waals surface area contributed by atoms with Crippen molar-refractivity contribution in [1.29, 1.82) is 0 Å². The second-order valence-electron chi connectivity index (χ2n) is 4.11. The molecule has 0 fully saturated rings. The second-order valence-corrected chi connectivity index (χ2v) is 5.33. The standard InChI is InChI=1S/C13H16ClN3S/c1-3-11-13(18-17-16-11)12(15-2)8-9-5-4-6-10(14)7-9/h4-7,12,15H,3,8H2,1-2H3. The van der Waals surface area contributed by atoms with Crippen LogP contribution in [0.1, 0.15) is 29.1 Å². The van der Waals surface area contributed by atoms with Crippen molar-refractivity contribution in [3.8, 4) is 0 Å². The molecule has 2 aromatic rings. The minimum atomic E-state index is 0.249. The molecule has 0 aliphatic heterocycles. The highest BCUT2D eigenvalue weighted by molar-refractivity contribution is 7.05. The van der Waals surface area contributed by atoms with E-state index >= 15 is 0 Å². The normalized spacial score (nSPS) is 12.6. The molecule has 0 saturated carbocycles. The lowest BCUT2D eigenvalue weighted by atomic mass is 10.0. The number of nitrogens with one attached hydrogen (secondary N) is 1. The van der Waals surface area contributed by atoms with Gasteiger partial charge < -0.3 is 5.32 Å². The van der Waals surface area contributed by atoms with Gasteiger partial charge in [0.15, 0.2) is 0 Å². The SMILES string of the molecule is CCc1nnsc1C(Cc1cccc(Cl)c1)NC. The fourth-order valence-corrected chi connectivity index (χ4v) is 3.01. The molecule has 96 valence electrons. The fourth-order valence-electron chi connectivity index (χ4n) is 1.95. The highest BCUT2D eigenvalue weighted by Crippen LogP contribution is 2.25. The van der Waals surface area contributed by atoms with E-state index in [-0.39, 0.29) is 6.04 Å². The molecule has 0 aliphatic carbocycles. The van der Waals surface area contributed by atoms with Crippen LogP contribution in [0.2, 0.25) is 5.02 Å². The van der Waals surface area contributed by atoms with E-state index < -0.39 is 0 Å². The first-order valence-corrected chi connectivity index (χ1v) is 7.12. The Balaban J connectivity index is 2.20. The quantitative estimate of drug-likeness (QED) is 0.914. The molecule has 1 aromatic heterocycles. The number of aryl methyl sites for hydroxylation is 1. The molecule has 1 unspecified atom stereocenters. The zero-order valence-corrected chi connectivity index (χ0v) is 12.1. The Bertz CT molecular complexity index is 512. The van der Waals surface area contributed by atoms with E-state index in [1.54, 1.807) is 0 Å². The summed E-state index contributed by atoms with van der Waals surface area (Å²) in [6, 6.07) is 8.22. The van der Waals surface area contributed by atoms with E-state index in [4.69, 9.17) is 11.6 Å². The van der Waals surface area contributed by atoms with Crippen molar-refractivity contribution in [2.24, 2.45) is 0 Å². The average molecular weight is 282 g/mol. The van der Waals surface area contributed by atoms with Crippen molar-refractivity contribution in [3.05, 3.63) is 45.4 Å². The Morgan fingerprint density at radius 2 is 2.28 bits per heavy atom. The predicted octanol–water partition coefficient (Wildman–Crippen LogP) is 3.26. The molecule has 0 amide bonds. The molecule has 1 aromatic carbocycles. The fraction of sp³-hybridized carbons (Fsp3) is 0.385. The van der Waals surface area contributed by atoms with Gasteiger partial charge in [-0.15, -0.1) is 5.10 Å². The van der Waals surface area contributed by atoms with Crippen molar-refractivity contribution in [1.82, 2.24) is 14.9 Å². The number of nitrogens with zero attached hydrogens (tertiary/aromatic N) is 2. The van der Waals surface area contributed by atoms with E-state index in [9.17, 15) is 0 Å². The van der Waals surface area contributed by atoms with Crippen LogP contribution >= 0.6 is 23.1 Å². The third-order valence-electron chi connectivity index (χ3n) is 2.91. The summed E-state index contributed by atoms with van der Waals surface area (Å²) >= 11 is 7.49. The van der Waals surface area contributed by atoms with E-state index in [2.05, 4.69) is 27.9 Å². The minimum absolute atomic E-state index is 0.249. The third kappa shape index (κ3) is 3.07. The Morgan fingerprint density at radius 1 is 1.44 bits per heavy atom. The molecule has 0 saturated heterocycles. The van der Waals surface area contributed by atoms with Gasteiger partial charge in [0, 0.05) is 11.1 Å². The molecule has 0 aliphatic rings. The maximum absolute atomic E-state index is 6.01. The van der Waals surface area contributed by atoms with Crippen LogP contribution in [-0.4, -0.2) is 16.6 Å². The molecule has 3 nitrogen and oxygen atoms in total. The molecule has 0 spiro atoms. The Morgan fingerprint density at radius 3 is 2.94 bits per heavy atom. The highest BCUT2D eigenvalue weighted by Gasteiger charge is 2.17. The molecule has 18 heavy (non-hydrogen) atoms. The predicted molar refractivity (Wildman–Crippen MR) is 76.2 cm³/mol. The lowest BCUT2D eigenvalue weighted by Crippen LogP contribution is -2.19. The molecular weight excluding hydrogens is 266 g/mol. The van der Waals surface area contributed by atoms with Gasteiger partial charge in [0.2, 0.25) is 0 Å². The third-order valence-corrected chi connectivity index (χ3v) is 4.03. The van der Waals surface area contributed by atoms with Crippen LogP contribution in [0.5, 0.6) is 0 Å². The number of rotatable bonds is 5. The first-order valence-electron chi connectivity index (χ1n) is 5.97. The first kappa shape index (κ1) is 13.5. The summed E-state index contributed by atoms with van der Waals surface area (Å²) < 4.78 is 4.05. The van der Waals surface area contributed by atoms with Crippen LogP contribution in [0, 0.1) is 0 Å². The topological polar surface area (TPSA) is 37.8 Å². The summed E-state index contributed by atoms with van der Waals surface area (Å²) in [4.78, 5) is 1.22. The zero-order chi connectivity index (χ0) is 13.0. The molecule has 1 heterocycles. The van der Waals surface area contributed by atoms with Gasteiger partial charge in [-0.3, -0.25) is 0 Å². The van der Waals surface area contributed by atoms with Gasteiger partial charge in [0.25, 0.3) is 0 Å². The van der Waals surface area contributed by atoms with Crippen LogP contribution in [-0.2, 0) is 12.8 Å². The Labute approximate surface area is 116 Å². The smallest absolute Gasteiger partial charge is 0.0801 e. The van der Waals surface area contributed by atoms with Gasteiger partial charge >= 0.3 is 0 Å². The van der Waals surface area contributed by atoms with Gasteiger partial charge in [0.05, 0.1) is 10.6 Å². The van der Waals surface area contributed by atoms with Crippen LogP contribution < -0.4 is 5.32 Å². The molecule has 0 bridgehead atoms. The van der Waals surface area contributed by atoms with Crippen molar-refractivity contribution < 1.29 is 0 Å². The van der Waals surface area contributed by atoms with Gasteiger partial charge in [-0.05, 0) is 49.1 Å². The van der Waals surface area contributed by atoms with Crippen LogP contribution in [0.25, 0.3) is 0 Å². The van der Waals surface area contributed by atoms with E-state index in [0.29, 0.717) is 0 Å². The summed E-state index contributed by atoms with van der Waals surface area (Å²) in [5.41, 5.74) is 2.30. The highest BCUT2D eigenvalue weighted by atomic mass is 35.5. The molecule has 5 heteroatoms. The summed E-state index contributed by atoms with van der Waals surface area (Å²) in [5, 5.41) is 8.28. The summed E-state index contributed by atoms with van der Waals surface area (Å²) in [5.74, 6) is 0. The van der Waals surface area contributed by atoms with Crippen molar-refractivity contribution >= 4 is 23.1 Å². The molecular formula is C13H16ClN3S. The Hall–Kier alpha value is -0.970. The number of halogens is 1. The van der Waals surface area contributed by atoms with Gasteiger partial charge in [-0.25, -0.2) is 0 Å². The molecule has 1 atom stereocenters. The number of likely N-dealkylation sites (N-methyl/N-ethyl adjacent to an activating group) is 1. The van der Waals surface area contributed by atoms with E-state index in [0.717, 1.165) is 23.6 Å². The van der Waals surface area contributed by atoms with E-state index in [1.807, 2.05) is 25.2 Å². The molecule has 2 rings (SSSR count). The van der Waals surface area contributed by atoms with Gasteiger partial charge in [-0.2, -0.15) is 0 Å². The van der Waals surface area contributed by atoms with E-state index in [1.165, 1.54) is 22.0 Å². The van der Waals surface area contributed by atoms with Crippen LogP contribution in [0.4, 0.5) is 0 Å². The molecule has 1 N–H and O–H groups in total. The number of aromatic nitrogens is 2. The summed E-state index contributed by atoms with van der Waals surface area (Å²) in [6.45, 7) is 2.10. The monoisotopic (exact) mass is 281 g/mol. The average Bonchev–Trinajstić information content (AvgIpc) is 2.84. The summed E-state index contributed by atoms with van der Waals surface area (Å²) in [7, 11) is 1.97. The Kier molecular flexibility index (Phi) is 4.69. The molecule has 0 radical (unpaired) electrons. The number of benzene rings is 1. The van der Waals surface area contributed by atoms with Crippen molar-refractivity contribution in [2.75, 3.05) is 7.05 Å². The zero-order valence-electron chi connectivity index (χ0n) is 10.5. The largest absolute Gasteiger partial charge is 0.312 e. The maximum Gasteiger partial charge on any atom is 0.0801 e. The van der Waals surface area contributed by atoms with Crippen molar-refractivity contribution in [2.45, 2.75) is 25.8 Å². The first-order chi connectivity index (χ1) is 8.74. The van der Waals surface area contributed by atoms with Crippen LogP contribution in [0.3, 0.4) is 0 Å².